The summed E-state index contributed by atoms with van der Waals surface area (Å²) in [5.74, 6) is -3.82. The van der Waals surface area contributed by atoms with E-state index in [9.17, 15) is 29.1 Å². The molecule has 2 heterocycles. The van der Waals surface area contributed by atoms with Crippen LogP contribution < -0.4 is 16.4 Å². The molecule has 1 aliphatic heterocycles. The molecule has 0 bridgehead atoms. The first-order valence-corrected chi connectivity index (χ1v) is 12.1. The largest absolute Gasteiger partial charge is 0.481 e. The second-order valence-electron chi connectivity index (χ2n) is 7.92. The summed E-state index contributed by atoms with van der Waals surface area (Å²) in [4.78, 5) is 68.8. The van der Waals surface area contributed by atoms with Gasteiger partial charge in [0, 0.05) is 24.9 Å². The third-order valence-corrected chi connectivity index (χ3v) is 6.03. The topological polar surface area (TPSA) is 208 Å². The molecule has 1 aromatic heterocycles. The number of carbonyl (C=O) groups is 5. The molecule has 0 aromatic carbocycles. The molecule has 0 aliphatic carbocycles. The maximum absolute atomic E-state index is 13.0. The standard InChI is InChI=1S/C20H30N6O7S/c1-34-6-4-13(17(29)25-14(20(32)33)7-11-9-22-10-23-11)24-18(30)15-3-2-5-26(15)19(31)12(21)8-16(27)28/h9-10,12-15H,2-8,21H2,1H3,(H,22,23)(H,24,30)(H,25,29)(H,27,28)(H,32,33). The van der Waals surface area contributed by atoms with Crippen LogP contribution in [0.2, 0.25) is 0 Å². The van der Waals surface area contributed by atoms with Crippen LogP contribution in [-0.2, 0) is 30.4 Å². The molecule has 1 fully saturated rings. The fourth-order valence-corrected chi connectivity index (χ4v) is 4.12. The molecule has 1 saturated heterocycles. The maximum Gasteiger partial charge on any atom is 0.326 e. The quantitative estimate of drug-likeness (QED) is 0.186. The number of H-pyrrole nitrogens is 1. The van der Waals surface area contributed by atoms with E-state index >= 15 is 0 Å². The number of nitrogens with two attached hydrogens (primary N) is 1. The number of carboxylic acid groups (broad SMARTS) is 2. The molecule has 0 radical (unpaired) electrons. The molecule has 4 atom stereocenters. The van der Waals surface area contributed by atoms with Crippen molar-refractivity contribution >= 4 is 41.4 Å². The third kappa shape index (κ3) is 7.73. The van der Waals surface area contributed by atoms with Gasteiger partial charge in [0.05, 0.1) is 18.8 Å². The van der Waals surface area contributed by atoms with Crippen molar-refractivity contribution in [2.75, 3.05) is 18.6 Å². The summed E-state index contributed by atoms with van der Waals surface area (Å²) in [5, 5.41) is 23.5. The van der Waals surface area contributed by atoms with Gasteiger partial charge in [-0.05, 0) is 31.3 Å². The lowest BCUT2D eigenvalue weighted by Gasteiger charge is -2.28. The van der Waals surface area contributed by atoms with Gasteiger partial charge in [0.15, 0.2) is 0 Å². The number of aromatic nitrogens is 2. The number of likely N-dealkylation sites (tertiary alicyclic amines) is 1. The maximum atomic E-state index is 13.0. The highest BCUT2D eigenvalue weighted by molar-refractivity contribution is 7.98. The van der Waals surface area contributed by atoms with Gasteiger partial charge in [-0.15, -0.1) is 0 Å². The highest BCUT2D eigenvalue weighted by Crippen LogP contribution is 2.19. The van der Waals surface area contributed by atoms with Gasteiger partial charge < -0.3 is 36.5 Å². The van der Waals surface area contributed by atoms with Crippen molar-refractivity contribution in [3.05, 3.63) is 18.2 Å². The smallest absolute Gasteiger partial charge is 0.326 e. The number of amides is 3. The lowest BCUT2D eigenvalue weighted by molar-refractivity contribution is -0.144. The number of hydrogen-bond donors (Lipinski definition) is 6. The number of thioether (sulfide) groups is 1. The van der Waals surface area contributed by atoms with Crippen LogP contribution in [0.1, 0.15) is 31.4 Å². The Kier molecular flexibility index (Phi) is 10.3. The Labute approximate surface area is 200 Å². The Balaban J connectivity index is 2.07. The number of nitrogens with zero attached hydrogens (tertiary/aromatic N) is 2. The van der Waals surface area contributed by atoms with E-state index in [0.717, 1.165) is 0 Å². The van der Waals surface area contributed by atoms with Gasteiger partial charge in [0.1, 0.15) is 18.1 Å². The minimum atomic E-state index is -1.28. The molecular weight excluding hydrogens is 468 g/mol. The molecule has 3 amide bonds. The molecule has 0 saturated carbocycles. The van der Waals surface area contributed by atoms with Crippen LogP contribution in [0.4, 0.5) is 0 Å². The summed E-state index contributed by atoms with van der Waals surface area (Å²) in [6, 6.07) is -4.42. The molecule has 34 heavy (non-hydrogen) atoms. The molecule has 1 aromatic rings. The van der Waals surface area contributed by atoms with Crippen molar-refractivity contribution in [1.82, 2.24) is 25.5 Å². The van der Waals surface area contributed by atoms with Crippen molar-refractivity contribution in [1.29, 1.82) is 0 Å². The van der Waals surface area contributed by atoms with Crippen molar-refractivity contribution in [2.45, 2.75) is 56.3 Å². The Hall–Kier alpha value is -3.13. The first-order valence-electron chi connectivity index (χ1n) is 10.7. The minimum Gasteiger partial charge on any atom is -0.481 e. The van der Waals surface area contributed by atoms with E-state index in [4.69, 9.17) is 10.8 Å². The fraction of sp³-hybridized carbons (Fsp3) is 0.600. The van der Waals surface area contributed by atoms with E-state index in [0.29, 0.717) is 24.3 Å². The zero-order chi connectivity index (χ0) is 25.3. The number of aromatic amines is 1. The molecule has 1 aliphatic rings. The third-order valence-electron chi connectivity index (χ3n) is 5.39. The number of nitrogens with one attached hydrogen (secondary N) is 3. The first-order chi connectivity index (χ1) is 16.1. The Morgan fingerprint density at radius 2 is 2.00 bits per heavy atom. The molecule has 188 valence electrons. The van der Waals surface area contributed by atoms with Gasteiger partial charge in [-0.25, -0.2) is 9.78 Å². The van der Waals surface area contributed by atoms with Crippen LogP contribution >= 0.6 is 11.8 Å². The lowest BCUT2D eigenvalue weighted by Crippen LogP contribution is -2.57. The van der Waals surface area contributed by atoms with Crippen LogP contribution in [0.5, 0.6) is 0 Å². The van der Waals surface area contributed by atoms with Crippen molar-refractivity contribution in [3.63, 3.8) is 0 Å². The van der Waals surface area contributed by atoms with E-state index in [1.165, 1.54) is 29.2 Å². The predicted molar refractivity (Wildman–Crippen MR) is 122 cm³/mol. The van der Waals surface area contributed by atoms with E-state index < -0.39 is 60.2 Å². The van der Waals surface area contributed by atoms with Crippen LogP contribution in [0.25, 0.3) is 0 Å². The molecule has 4 unspecified atom stereocenters. The zero-order valence-corrected chi connectivity index (χ0v) is 19.5. The summed E-state index contributed by atoms with van der Waals surface area (Å²) < 4.78 is 0. The summed E-state index contributed by atoms with van der Waals surface area (Å²) >= 11 is 1.45. The van der Waals surface area contributed by atoms with Gasteiger partial charge in [0.2, 0.25) is 17.7 Å². The van der Waals surface area contributed by atoms with Crippen LogP contribution in [0, 0.1) is 0 Å². The molecular formula is C20H30N6O7S. The number of rotatable bonds is 13. The van der Waals surface area contributed by atoms with Crippen LogP contribution in [0.3, 0.4) is 0 Å². The second-order valence-corrected chi connectivity index (χ2v) is 8.90. The van der Waals surface area contributed by atoms with E-state index in [2.05, 4.69) is 20.6 Å². The van der Waals surface area contributed by atoms with Crippen LogP contribution in [-0.4, -0.2) is 97.5 Å². The molecule has 7 N–H and O–H groups in total. The van der Waals surface area contributed by atoms with E-state index in [1.807, 2.05) is 6.26 Å². The summed E-state index contributed by atoms with van der Waals surface area (Å²) in [6.07, 6.45) is 5.21. The van der Waals surface area contributed by atoms with Crippen molar-refractivity contribution in [2.24, 2.45) is 5.73 Å². The average molecular weight is 499 g/mol. The molecule has 0 spiro atoms. The Morgan fingerprint density at radius 1 is 1.26 bits per heavy atom. The minimum absolute atomic E-state index is 0.0172. The lowest BCUT2D eigenvalue weighted by atomic mass is 10.1. The average Bonchev–Trinajstić information content (AvgIpc) is 3.46. The normalized spacial score (nSPS) is 18.1. The van der Waals surface area contributed by atoms with Gasteiger partial charge in [-0.2, -0.15) is 11.8 Å². The Morgan fingerprint density at radius 3 is 2.59 bits per heavy atom. The van der Waals surface area contributed by atoms with Crippen LogP contribution in [0.15, 0.2) is 12.5 Å². The SMILES string of the molecule is CSCCC(NC(=O)C1CCCN1C(=O)C(N)CC(=O)O)C(=O)NC(Cc1cnc[nH]1)C(=O)O. The predicted octanol–water partition coefficient (Wildman–Crippen LogP) is -1.45. The van der Waals surface area contributed by atoms with Crippen molar-refractivity contribution in [3.8, 4) is 0 Å². The number of aliphatic carboxylic acids is 2. The first kappa shape index (κ1) is 27.1. The van der Waals surface area contributed by atoms with Gasteiger partial charge >= 0.3 is 11.9 Å². The van der Waals surface area contributed by atoms with Gasteiger partial charge in [-0.1, -0.05) is 0 Å². The monoisotopic (exact) mass is 498 g/mol. The molecule has 14 heteroatoms. The van der Waals surface area contributed by atoms with Gasteiger partial charge in [0.25, 0.3) is 0 Å². The molecule has 13 nitrogen and oxygen atoms in total. The number of hydrogen-bond acceptors (Lipinski definition) is 8. The molecule has 2 rings (SSSR count). The highest BCUT2D eigenvalue weighted by Gasteiger charge is 2.38. The Bertz CT molecular complexity index is 881. The van der Waals surface area contributed by atoms with E-state index in [-0.39, 0.29) is 19.4 Å². The number of imidazole rings is 1. The number of carboxylic acids is 2. The summed E-state index contributed by atoms with van der Waals surface area (Å²) in [5.41, 5.74) is 6.20. The highest BCUT2D eigenvalue weighted by atomic mass is 32.2. The zero-order valence-electron chi connectivity index (χ0n) is 18.7. The van der Waals surface area contributed by atoms with E-state index in [1.54, 1.807) is 0 Å². The van der Waals surface area contributed by atoms with Crippen molar-refractivity contribution < 1.29 is 34.2 Å². The number of carbonyl (C=O) groups excluding carboxylic acids is 3. The summed E-state index contributed by atoms with van der Waals surface area (Å²) in [7, 11) is 0. The second kappa shape index (κ2) is 12.9. The fourth-order valence-electron chi connectivity index (χ4n) is 3.65. The summed E-state index contributed by atoms with van der Waals surface area (Å²) in [6.45, 7) is 0.247. The van der Waals surface area contributed by atoms with Gasteiger partial charge in [-0.3, -0.25) is 19.2 Å².